The Balaban J connectivity index is 2.10. The van der Waals surface area contributed by atoms with Crippen LogP contribution in [-0.4, -0.2) is 22.7 Å². The highest BCUT2D eigenvalue weighted by atomic mass is 35.5. The average Bonchev–Trinajstić information content (AvgIpc) is 2.68. The summed E-state index contributed by atoms with van der Waals surface area (Å²) in [5, 5.41) is 10.5. The molecule has 0 spiro atoms. The molecule has 6 nitrogen and oxygen atoms in total. The number of ether oxygens (including phenoxy) is 2. The summed E-state index contributed by atoms with van der Waals surface area (Å²) in [7, 11) is 0. The third-order valence-electron chi connectivity index (χ3n) is 3.98. The maximum Gasteiger partial charge on any atom is 0.259 e. The number of hydrogen-bond donors (Lipinski definition) is 1. The van der Waals surface area contributed by atoms with Crippen LogP contribution in [0.25, 0.3) is 22.6 Å². The first-order chi connectivity index (χ1) is 13.9. The lowest BCUT2D eigenvalue weighted by atomic mass is 10.1. The van der Waals surface area contributed by atoms with Gasteiger partial charge in [0, 0.05) is 0 Å². The largest absolute Gasteiger partial charge is 0.490 e. The Kier molecular flexibility index (Phi) is 6.20. The fraction of sp³-hybridized carbons (Fsp3) is 0.227. The number of fused-ring (bicyclic) bond motifs is 1. The third kappa shape index (κ3) is 4.58. The van der Waals surface area contributed by atoms with E-state index in [2.05, 4.69) is 16.0 Å². The Hall–Kier alpha value is -3.30. The van der Waals surface area contributed by atoms with Gasteiger partial charge in [-0.2, -0.15) is 5.26 Å². The second-order valence-corrected chi connectivity index (χ2v) is 6.94. The molecule has 148 valence electrons. The second-order valence-electron chi connectivity index (χ2n) is 6.53. The van der Waals surface area contributed by atoms with Gasteiger partial charge in [-0.25, -0.2) is 4.98 Å². The molecule has 0 unspecified atom stereocenters. The van der Waals surface area contributed by atoms with Gasteiger partial charge in [0.1, 0.15) is 6.07 Å². The standard InChI is InChI=1S/C22H20ClN3O3/c1-4-28-19-11-14(10-17(23)20(19)29-13(2)3)9-15(12-24)21-25-18-8-6-5-7-16(18)22(27)26-21/h5-11,13H,4H2,1-3H3,(H,25,26,27)/b15-9-. The number of benzene rings is 2. The van der Waals surface area contributed by atoms with Crippen molar-refractivity contribution in [2.24, 2.45) is 0 Å². The molecule has 0 aliphatic heterocycles. The Morgan fingerprint density at radius 1 is 1.34 bits per heavy atom. The molecule has 7 heteroatoms. The van der Waals surface area contributed by atoms with Crippen molar-refractivity contribution in [3.63, 3.8) is 0 Å². The van der Waals surface area contributed by atoms with Gasteiger partial charge in [-0.1, -0.05) is 23.7 Å². The molecule has 0 radical (unpaired) electrons. The molecule has 0 fully saturated rings. The molecule has 29 heavy (non-hydrogen) atoms. The van der Waals surface area contributed by atoms with E-state index in [1.165, 1.54) is 0 Å². The Morgan fingerprint density at radius 2 is 2.10 bits per heavy atom. The van der Waals surface area contributed by atoms with Crippen LogP contribution in [0.4, 0.5) is 0 Å². The summed E-state index contributed by atoms with van der Waals surface area (Å²) in [6, 6.07) is 12.5. The number of H-pyrrole nitrogens is 1. The number of allylic oxidation sites excluding steroid dienone is 1. The van der Waals surface area contributed by atoms with Crippen molar-refractivity contribution >= 4 is 34.2 Å². The van der Waals surface area contributed by atoms with Crippen molar-refractivity contribution < 1.29 is 9.47 Å². The molecule has 0 aliphatic rings. The van der Waals surface area contributed by atoms with Crippen molar-refractivity contribution in [3.8, 4) is 17.6 Å². The second kappa shape index (κ2) is 8.80. The maximum atomic E-state index is 12.3. The molecule has 2 aromatic carbocycles. The summed E-state index contributed by atoms with van der Waals surface area (Å²) in [6.07, 6.45) is 1.52. The fourth-order valence-electron chi connectivity index (χ4n) is 2.82. The first-order valence-corrected chi connectivity index (χ1v) is 9.55. The van der Waals surface area contributed by atoms with E-state index < -0.39 is 0 Å². The van der Waals surface area contributed by atoms with Crippen LogP contribution in [0.5, 0.6) is 11.5 Å². The van der Waals surface area contributed by atoms with Crippen molar-refractivity contribution in [2.75, 3.05) is 6.61 Å². The lowest BCUT2D eigenvalue weighted by Crippen LogP contribution is -2.11. The van der Waals surface area contributed by atoms with Crippen LogP contribution in [0.2, 0.25) is 5.02 Å². The van der Waals surface area contributed by atoms with Crippen LogP contribution in [0.3, 0.4) is 0 Å². The summed E-state index contributed by atoms with van der Waals surface area (Å²) in [5.74, 6) is 1.13. The predicted molar refractivity (Wildman–Crippen MR) is 114 cm³/mol. The van der Waals surface area contributed by atoms with Gasteiger partial charge < -0.3 is 14.5 Å². The summed E-state index contributed by atoms with van der Waals surface area (Å²) in [6.45, 7) is 6.09. The summed E-state index contributed by atoms with van der Waals surface area (Å²) in [5.41, 5.74) is 1.03. The van der Waals surface area contributed by atoms with Crippen molar-refractivity contribution in [3.05, 3.63) is 63.2 Å². The number of nitrogens with zero attached hydrogens (tertiary/aromatic N) is 2. The minimum Gasteiger partial charge on any atom is -0.490 e. The Morgan fingerprint density at radius 3 is 2.79 bits per heavy atom. The van der Waals surface area contributed by atoms with Crippen LogP contribution < -0.4 is 15.0 Å². The summed E-state index contributed by atoms with van der Waals surface area (Å²) in [4.78, 5) is 19.4. The molecule has 0 saturated heterocycles. The SMILES string of the molecule is CCOc1cc(/C=C(/C#N)c2nc3ccccc3c(=O)[nH]2)cc(Cl)c1OC(C)C. The van der Waals surface area contributed by atoms with Gasteiger partial charge in [0.25, 0.3) is 5.56 Å². The van der Waals surface area contributed by atoms with Gasteiger partial charge in [0.15, 0.2) is 17.3 Å². The Labute approximate surface area is 173 Å². The number of halogens is 1. The molecule has 0 bridgehead atoms. The highest BCUT2D eigenvalue weighted by molar-refractivity contribution is 6.32. The predicted octanol–water partition coefficient (Wildman–Crippen LogP) is 4.83. The Bertz CT molecular complexity index is 1180. The van der Waals surface area contributed by atoms with Crippen LogP contribution in [0.1, 0.15) is 32.2 Å². The van der Waals surface area contributed by atoms with Crippen molar-refractivity contribution in [2.45, 2.75) is 26.9 Å². The van der Waals surface area contributed by atoms with Gasteiger partial charge in [-0.15, -0.1) is 0 Å². The van der Waals surface area contributed by atoms with E-state index in [4.69, 9.17) is 21.1 Å². The van der Waals surface area contributed by atoms with Crippen molar-refractivity contribution in [1.82, 2.24) is 9.97 Å². The number of nitriles is 1. The number of aromatic nitrogens is 2. The molecule has 0 aliphatic carbocycles. The molecule has 1 aromatic heterocycles. The van der Waals surface area contributed by atoms with E-state index in [1.807, 2.05) is 20.8 Å². The minimum atomic E-state index is -0.305. The first kappa shape index (κ1) is 20.4. The molecule has 0 saturated carbocycles. The number of nitrogens with one attached hydrogen (secondary N) is 1. The number of aromatic amines is 1. The van der Waals surface area contributed by atoms with Gasteiger partial charge >= 0.3 is 0 Å². The molecule has 1 heterocycles. The van der Waals surface area contributed by atoms with Gasteiger partial charge in [0.05, 0.1) is 34.2 Å². The highest BCUT2D eigenvalue weighted by Gasteiger charge is 2.15. The van der Waals surface area contributed by atoms with Gasteiger partial charge in [-0.05, 0) is 56.7 Å². The lowest BCUT2D eigenvalue weighted by molar-refractivity contribution is 0.224. The van der Waals surface area contributed by atoms with Gasteiger partial charge in [-0.3, -0.25) is 4.79 Å². The van der Waals surface area contributed by atoms with Gasteiger partial charge in [0.2, 0.25) is 0 Å². The zero-order valence-electron chi connectivity index (χ0n) is 16.3. The van der Waals surface area contributed by atoms with E-state index in [0.717, 1.165) is 0 Å². The highest BCUT2D eigenvalue weighted by Crippen LogP contribution is 2.38. The molecule has 1 N–H and O–H groups in total. The number of rotatable bonds is 6. The van der Waals surface area contributed by atoms with Crippen LogP contribution in [0, 0.1) is 11.3 Å². The van der Waals surface area contributed by atoms with E-state index in [-0.39, 0.29) is 23.1 Å². The van der Waals surface area contributed by atoms with E-state index in [9.17, 15) is 10.1 Å². The quantitative estimate of drug-likeness (QED) is 0.589. The summed E-state index contributed by atoms with van der Waals surface area (Å²) < 4.78 is 11.4. The zero-order valence-corrected chi connectivity index (χ0v) is 17.1. The molecule has 3 rings (SSSR count). The fourth-order valence-corrected chi connectivity index (χ4v) is 3.08. The number of hydrogen-bond acceptors (Lipinski definition) is 5. The molecule has 0 atom stereocenters. The average molecular weight is 410 g/mol. The first-order valence-electron chi connectivity index (χ1n) is 9.17. The van der Waals surface area contributed by atoms with E-state index >= 15 is 0 Å². The topological polar surface area (TPSA) is 88.0 Å². The van der Waals surface area contributed by atoms with E-state index in [0.29, 0.717) is 39.6 Å². The molecular formula is C22H20ClN3O3. The third-order valence-corrected chi connectivity index (χ3v) is 4.27. The monoisotopic (exact) mass is 409 g/mol. The number of para-hydroxylation sites is 1. The maximum absolute atomic E-state index is 12.3. The normalized spacial score (nSPS) is 11.5. The smallest absolute Gasteiger partial charge is 0.259 e. The van der Waals surface area contributed by atoms with Crippen LogP contribution in [0.15, 0.2) is 41.2 Å². The molecule has 0 amide bonds. The zero-order chi connectivity index (χ0) is 21.0. The lowest BCUT2D eigenvalue weighted by Gasteiger charge is -2.16. The molecular weight excluding hydrogens is 390 g/mol. The summed E-state index contributed by atoms with van der Waals surface area (Å²) >= 11 is 6.40. The van der Waals surface area contributed by atoms with E-state index in [1.54, 1.807) is 42.5 Å². The van der Waals surface area contributed by atoms with Crippen LogP contribution in [-0.2, 0) is 0 Å². The minimum absolute atomic E-state index is 0.0744. The van der Waals surface area contributed by atoms with Crippen molar-refractivity contribution in [1.29, 1.82) is 5.26 Å². The molecule has 3 aromatic rings. The van der Waals surface area contributed by atoms with Crippen LogP contribution >= 0.6 is 11.6 Å².